The number of fused-ring (bicyclic) bond motifs is 1. The van der Waals surface area contributed by atoms with Crippen LogP contribution in [0.1, 0.15) is 32.1 Å². The minimum Gasteiger partial charge on any atom is -0.535 e. The van der Waals surface area contributed by atoms with Crippen molar-refractivity contribution in [3.63, 3.8) is 0 Å². The third-order valence-electron chi connectivity index (χ3n) is 4.90. The molecule has 0 radical (unpaired) electrons. The molecule has 0 bridgehead atoms. The van der Waals surface area contributed by atoms with E-state index < -0.39 is 19.1 Å². The standard InChI is InChI=1S/C18H18BN3O7/c23-17(24)14-13(2-1-10-3-4-19(27)29-16(10)14)28-11-7-22(8-11)9-12-15(18(25)26)21-6-5-20-12/h1-2,5-6,11,27H,3-4,7-9H2,(H,23,24)(H,25,26). The topological polar surface area (TPSA) is 142 Å². The maximum atomic E-state index is 11.8. The molecular weight excluding hydrogens is 381 g/mol. The maximum absolute atomic E-state index is 11.8. The molecule has 0 spiro atoms. The Morgan fingerprint density at radius 1 is 1.21 bits per heavy atom. The highest BCUT2D eigenvalue weighted by Crippen LogP contribution is 2.37. The molecule has 2 aliphatic rings. The third-order valence-corrected chi connectivity index (χ3v) is 4.90. The van der Waals surface area contributed by atoms with Gasteiger partial charge in [0, 0.05) is 32.0 Å². The summed E-state index contributed by atoms with van der Waals surface area (Å²) in [4.78, 5) is 32.8. The number of hydrogen-bond acceptors (Lipinski definition) is 8. The number of aryl methyl sites for hydroxylation is 1. The van der Waals surface area contributed by atoms with Crippen LogP contribution in [0.25, 0.3) is 0 Å². The average Bonchev–Trinajstić information content (AvgIpc) is 2.65. The van der Waals surface area contributed by atoms with Gasteiger partial charge in [0.2, 0.25) is 0 Å². The molecule has 150 valence electrons. The van der Waals surface area contributed by atoms with Crippen LogP contribution in [0.2, 0.25) is 6.32 Å². The summed E-state index contributed by atoms with van der Waals surface area (Å²) in [6.07, 6.45) is 3.45. The molecule has 1 fully saturated rings. The zero-order valence-corrected chi connectivity index (χ0v) is 15.3. The molecule has 0 unspecified atom stereocenters. The van der Waals surface area contributed by atoms with E-state index >= 15 is 0 Å². The molecule has 1 aromatic heterocycles. The van der Waals surface area contributed by atoms with Gasteiger partial charge >= 0.3 is 19.1 Å². The quantitative estimate of drug-likeness (QED) is 0.590. The zero-order chi connectivity index (χ0) is 20.5. The van der Waals surface area contributed by atoms with Crippen LogP contribution >= 0.6 is 0 Å². The number of ether oxygens (including phenoxy) is 1. The molecule has 2 aromatic rings. The molecule has 1 aromatic carbocycles. The molecule has 0 atom stereocenters. The molecule has 3 heterocycles. The average molecular weight is 399 g/mol. The number of aromatic nitrogens is 2. The lowest BCUT2D eigenvalue weighted by atomic mass is 9.78. The van der Waals surface area contributed by atoms with Crippen LogP contribution in [0.15, 0.2) is 24.5 Å². The van der Waals surface area contributed by atoms with Gasteiger partial charge in [-0.05, 0) is 24.4 Å². The van der Waals surface area contributed by atoms with Gasteiger partial charge in [-0.25, -0.2) is 14.6 Å². The van der Waals surface area contributed by atoms with Crippen molar-refractivity contribution < 1.29 is 34.2 Å². The zero-order valence-electron chi connectivity index (χ0n) is 15.3. The highest BCUT2D eigenvalue weighted by molar-refractivity contribution is 6.44. The number of nitrogens with zero attached hydrogens (tertiary/aromatic N) is 3. The summed E-state index contributed by atoms with van der Waals surface area (Å²) >= 11 is 0. The van der Waals surface area contributed by atoms with E-state index in [-0.39, 0.29) is 28.9 Å². The smallest absolute Gasteiger partial charge is 0.522 e. The number of carbonyl (C=O) groups is 2. The second kappa shape index (κ2) is 7.68. The summed E-state index contributed by atoms with van der Waals surface area (Å²) < 4.78 is 11.2. The predicted octanol–water partition coefficient (Wildman–Crippen LogP) is 0.552. The highest BCUT2D eigenvalue weighted by Gasteiger charge is 2.34. The van der Waals surface area contributed by atoms with Gasteiger partial charge in [-0.15, -0.1) is 0 Å². The lowest BCUT2D eigenvalue weighted by molar-refractivity contribution is 0.0124. The molecule has 2 aliphatic heterocycles. The molecule has 0 amide bonds. The van der Waals surface area contributed by atoms with Crippen molar-refractivity contribution in [3.8, 4) is 11.5 Å². The second-order valence-corrected chi connectivity index (χ2v) is 6.93. The van der Waals surface area contributed by atoms with E-state index in [1.807, 2.05) is 4.90 Å². The molecule has 29 heavy (non-hydrogen) atoms. The molecule has 10 nitrogen and oxygen atoms in total. The summed E-state index contributed by atoms with van der Waals surface area (Å²) in [5.74, 6) is -1.99. The van der Waals surface area contributed by atoms with Gasteiger partial charge in [0.05, 0.1) is 5.69 Å². The van der Waals surface area contributed by atoms with Crippen LogP contribution in [-0.4, -0.2) is 68.4 Å². The van der Waals surface area contributed by atoms with Gasteiger partial charge in [-0.2, -0.15) is 0 Å². The minimum atomic E-state index is -1.19. The van der Waals surface area contributed by atoms with Crippen LogP contribution in [0.4, 0.5) is 0 Å². The summed E-state index contributed by atoms with van der Waals surface area (Å²) in [6.45, 7) is 1.27. The first-order valence-electron chi connectivity index (χ1n) is 9.08. The monoisotopic (exact) mass is 399 g/mol. The highest BCUT2D eigenvalue weighted by atomic mass is 16.5. The van der Waals surface area contributed by atoms with Crippen LogP contribution in [0, 0.1) is 0 Å². The van der Waals surface area contributed by atoms with E-state index in [1.54, 1.807) is 12.1 Å². The molecular formula is C18H18BN3O7. The van der Waals surface area contributed by atoms with E-state index in [0.29, 0.717) is 38.1 Å². The van der Waals surface area contributed by atoms with Crippen LogP contribution in [0.5, 0.6) is 11.5 Å². The van der Waals surface area contributed by atoms with E-state index in [0.717, 1.165) is 5.56 Å². The van der Waals surface area contributed by atoms with Gasteiger partial charge in [0.25, 0.3) is 0 Å². The van der Waals surface area contributed by atoms with E-state index in [4.69, 9.17) is 9.39 Å². The fourth-order valence-corrected chi connectivity index (χ4v) is 3.49. The van der Waals surface area contributed by atoms with Gasteiger partial charge in [0.15, 0.2) is 5.69 Å². The number of aromatic carboxylic acids is 2. The number of hydrogen-bond donors (Lipinski definition) is 3. The third kappa shape index (κ3) is 3.87. The minimum absolute atomic E-state index is 0.0876. The Kier molecular flexibility index (Phi) is 5.08. The maximum Gasteiger partial charge on any atom is 0.522 e. The number of benzene rings is 1. The van der Waals surface area contributed by atoms with Crippen molar-refractivity contribution in [2.75, 3.05) is 13.1 Å². The summed E-state index contributed by atoms with van der Waals surface area (Å²) in [5.41, 5.74) is 0.900. The van der Waals surface area contributed by atoms with Gasteiger partial charge < -0.3 is 24.6 Å². The molecule has 1 saturated heterocycles. The Hall–Kier alpha value is -3.18. The summed E-state index contributed by atoms with van der Waals surface area (Å²) in [6, 6.07) is 3.36. The van der Waals surface area contributed by atoms with E-state index in [2.05, 4.69) is 9.97 Å². The Balaban J connectivity index is 1.44. The van der Waals surface area contributed by atoms with E-state index in [9.17, 15) is 24.8 Å². The van der Waals surface area contributed by atoms with Crippen molar-refractivity contribution in [2.45, 2.75) is 25.4 Å². The van der Waals surface area contributed by atoms with Crippen LogP contribution in [0.3, 0.4) is 0 Å². The normalized spacial score (nSPS) is 16.5. The number of carboxylic acids is 2. The fourth-order valence-electron chi connectivity index (χ4n) is 3.49. The summed E-state index contributed by atoms with van der Waals surface area (Å²) in [5, 5.41) is 28.5. The fraction of sp³-hybridized carbons (Fsp3) is 0.333. The second-order valence-electron chi connectivity index (χ2n) is 6.93. The predicted molar refractivity (Wildman–Crippen MR) is 99.2 cm³/mol. The van der Waals surface area contributed by atoms with Crippen LogP contribution in [-0.2, 0) is 13.0 Å². The summed E-state index contributed by atoms with van der Waals surface area (Å²) in [7, 11) is -1.04. The number of carboxylic acid groups (broad SMARTS) is 2. The van der Waals surface area contributed by atoms with Gasteiger partial charge in [-0.1, -0.05) is 6.07 Å². The first kappa shape index (κ1) is 19.2. The number of likely N-dealkylation sites (tertiary alicyclic amines) is 1. The Bertz CT molecular complexity index is 964. The Morgan fingerprint density at radius 2 is 1.97 bits per heavy atom. The Labute approximate surface area is 165 Å². The molecule has 4 rings (SSSR count). The lowest BCUT2D eigenvalue weighted by Crippen LogP contribution is -2.53. The lowest BCUT2D eigenvalue weighted by Gasteiger charge is -2.39. The van der Waals surface area contributed by atoms with Crippen LogP contribution < -0.4 is 9.39 Å². The number of rotatable bonds is 6. The Morgan fingerprint density at radius 3 is 2.69 bits per heavy atom. The van der Waals surface area contributed by atoms with Crippen molar-refractivity contribution in [1.82, 2.24) is 14.9 Å². The van der Waals surface area contributed by atoms with Gasteiger partial charge in [-0.3, -0.25) is 9.88 Å². The van der Waals surface area contributed by atoms with Crippen molar-refractivity contribution in [1.29, 1.82) is 0 Å². The van der Waals surface area contributed by atoms with E-state index in [1.165, 1.54) is 12.4 Å². The molecule has 3 N–H and O–H groups in total. The molecule has 0 saturated carbocycles. The molecule has 0 aliphatic carbocycles. The molecule has 11 heteroatoms. The van der Waals surface area contributed by atoms with Crippen molar-refractivity contribution in [2.24, 2.45) is 0 Å². The van der Waals surface area contributed by atoms with Gasteiger partial charge in [0.1, 0.15) is 23.2 Å². The first-order valence-corrected chi connectivity index (χ1v) is 9.08. The van der Waals surface area contributed by atoms with Crippen molar-refractivity contribution >= 4 is 19.1 Å². The largest absolute Gasteiger partial charge is 0.535 e. The van der Waals surface area contributed by atoms with Crippen molar-refractivity contribution in [3.05, 3.63) is 47.0 Å². The SMILES string of the molecule is O=C(O)c1nccnc1CN1CC(Oc2ccc3c(c2C(=O)O)OB(O)CC3)C1. The first-order chi connectivity index (χ1) is 13.9.